The Labute approximate surface area is 111 Å². The van der Waals surface area contributed by atoms with Crippen molar-refractivity contribution in [2.45, 2.75) is 39.7 Å². The minimum absolute atomic E-state index is 0.538. The highest BCUT2D eigenvalue weighted by Gasteiger charge is 2.35. The summed E-state index contributed by atoms with van der Waals surface area (Å²) in [7, 11) is 0. The van der Waals surface area contributed by atoms with Gasteiger partial charge in [-0.1, -0.05) is 25.1 Å². The zero-order chi connectivity index (χ0) is 13.1. The van der Waals surface area contributed by atoms with Gasteiger partial charge in [0.05, 0.1) is 0 Å². The van der Waals surface area contributed by atoms with Crippen molar-refractivity contribution in [1.82, 2.24) is 4.90 Å². The number of rotatable bonds is 4. The van der Waals surface area contributed by atoms with Crippen LogP contribution in [-0.2, 0) is 0 Å². The summed E-state index contributed by atoms with van der Waals surface area (Å²) in [5, 5.41) is 0. The zero-order valence-corrected chi connectivity index (χ0v) is 11.9. The highest BCUT2D eigenvalue weighted by molar-refractivity contribution is 5.37. The van der Waals surface area contributed by atoms with Crippen molar-refractivity contribution >= 4 is 0 Å². The van der Waals surface area contributed by atoms with Crippen LogP contribution in [0.15, 0.2) is 18.2 Å². The molecule has 2 atom stereocenters. The lowest BCUT2D eigenvalue weighted by Crippen LogP contribution is -2.30. The zero-order valence-electron chi connectivity index (χ0n) is 11.9. The van der Waals surface area contributed by atoms with Crippen LogP contribution in [0, 0.1) is 19.8 Å². The largest absolute Gasteiger partial charge is 0.330 e. The first kappa shape index (κ1) is 13.6. The standard InChI is InChI=1S/C16H26N2/c1-4-9-18-10-8-14(11-17)16(18)15-12(2)6-5-7-13(15)3/h5-7,14,16H,4,8-11,17H2,1-3H3. The van der Waals surface area contributed by atoms with E-state index in [1.54, 1.807) is 0 Å². The number of nitrogens with two attached hydrogens (primary N) is 1. The minimum atomic E-state index is 0.538. The highest BCUT2D eigenvalue weighted by Crippen LogP contribution is 2.39. The van der Waals surface area contributed by atoms with Crippen LogP contribution in [0.25, 0.3) is 0 Å². The predicted molar refractivity (Wildman–Crippen MR) is 77.7 cm³/mol. The summed E-state index contributed by atoms with van der Waals surface area (Å²) in [6.07, 6.45) is 2.47. The molecule has 2 rings (SSSR count). The average Bonchev–Trinajstić information content (AvgIpc) is 2.73. The molecule has 0 spiro atoms. The molecule has 1 aliphatic heterocycles. The lowest BCUT2D eigenvalue weighted by Gasteiger charge is -2.30. The van der Waals surface area contributed by atoms with E-state index in [-0.39, 0.29) is 0 Å². The van der Waals surface area contributed by atoms with Gasteiger partial charge in [0.2, 0.25) is 0 Å². The molecule has 1 heterocycles. The van der Waals surface area contributed by atoms with Crippen LogP contribution >= 0.6 is 0 Å². The van der Waals surface area contributed by atoms with Crippen molar-refractivity contribution in [3.8, 4) is 0 Å². The SMILES string of the molecule is CCCN1CCC(CN)C1c1c(C)cccc1C. The second kappa shape index (κ2) is 5.85. The summed E-state index contributed by atoms with van der Waals surface area (Å²) < 4.78 is 0. The molecule has 2 nitrogen and oxygen atoms in total. The minimum Gasteiger partial charge on any atom is -0.330 e. The van der Waals surface area contributed by atoms with Gasteiger partial charge in [0.1, 0.15) is 0 Å². The van der Waals surface area contributed by atoms with E-state index in [9.17, 15) is 0 Å². The van der Waals surface area contributed by atoms with Crippen molar-refractivity contribution in [3.05, 3.63) is 34.9 Å². The number of benzene rings is 1. The number of hydrogen-bond acceptors (Lipinski definition) is 2. The molecule has 0 aliphatic carbocycles. The number of nitrogens with zero attached hydrogens (tertiary/aromatic N) is 1. The second-order valence-corrected chi connectivity index (χ2v) is 5.57. The number of aryl methyl sites for hydroxylation is 2. The molecule has 1 aromatic carbocycles. The Morgan fingerprint density at radius 3 is 2.50 bits per heavy atom. The Morgan fingerprint density at radius 1 is 1.28 bits per heavy atom. The van der Waals surface area contributed by atoms with Gasteiger partial charge in [-0.2, -0.15) is 0 Å². The van der Waals surface area contributed by atoms with E-state index < -0.39 is 0 Å². The lowest BCUT2D eigenvalue weighted by molar-refractivity contribution is 0.229. The third kappa shape index (κ3) is 2.45. The van der Waals surface area contributed by atoms with E-state index in [1.807, 2.05) is 0 Å². The Kier molecular flexibility index (Phi) is 4.41. The molecular weight excluding hydrogens is 220 g/mol. The summed E-state index contributed by atoms with van der Waals surface area (Å²) in [6, 6.07) is 7.16. The van der Waals surface area contributed by atoms with Crippen LogP contribution in [0.2, 0.25) is 0 Å². The molecule has 2 N–H and O–H groups in total. The number of hydrogen-bond donors (Lipinski definition) is 1. The summed E-state index contributed by atoms with van der Waals surface area (Å²) >= 11 is 0. The summed E-state index contributed by atoms with van der Waals surface area (Å²) in [5.74, 6) is 0.622. The normalized spacial score (nSPS) is 24.7. The molecule has 0 aromatic heterocycles. The highest BCUT2D eigenvalue weighted by atomic mass is 15.2. The molecule has 100 valence electrons. The first-order valence-corrected chi connectivity index (χ1v) is 7.19. The molecule has 0 saturated carbocycles. The van der Waals surface area contributed by atoms with E-state index in [1.165, 1.54) is 42.6 Å². The van der Waals surface area contributed by atoms with Gasteiger partial charge in [0, 0.05) is 6.04 Å². The average molecular weight is 246 g/mol. The van der Waals surface area contributed by atoms with E-state index in [0.29, 0.717) is 12.0 Å². The Morgan fingerprint density at radius 2 is 1.94 bits per heavy atom. The lowest BCUT2D eigenvalue weighted by atomic mass is 9.88. The summed E-state index contributed by atoms with van der Waals surface area (Å²) in [4.78, 5) is 2.63. The fourth-order valence-corrected chi connectivity index (χ4v) is 3.42. The Hall–Kier alpha value is -0.860. The fraction of sp³-hybridized carbons (Fsp3) is 0.625. The van der Waals surface area contributed by atoms with Crippen molar-refractivity contribution in [1.29, 1.82) is 0 Å². The van der Waals surface area contributed by atoms with Crippen molar-refractivity contribution < 1.29 is 0 Å². The van der Waals surface area contributed by atoms with Crippen molar-refractivity contribution in [3.63, 3.8) is 0 Å². The summed E-state index contributed by atoms with van der Waals surface area (Å²) in [6.45, 7) is 9.93. The van der Waals surface area contributed by atoms with Gasteiger partial charge in [-0.15, -0.1) is 0 Å². The third-order valence-corrected chi connectivity index (χ3v) is 4.28. The van der Waals surface area contributed by atoms with Gasteiger partial charge < -0.3 is 5.73 Å². The quantitative estimate of drug-likeness (QED) is 0.885. The molecule has 2 unspecified atom stereocenters. The molecule has 0 radical (unpaired) electrons. The van der Waals surface area contributed by atoms with E-state index in [0.717, 1.165) is 6.54 Å². The molecule has 2 heteroatoms. The van der Waals surface area contributed by atoms with Crippen LogP contribution < -0.4 is 5.73 Å². The van der Waals surface area contributed by atoms with Crippen molar-refractivity contribution in [2.24, 2.45) is 11.7 Å². The first-order valence-electron chi connectivity index (χ1n) is 7.19. The van der Waals surface area contributed by atoms with Crippen molar-refractivity contribution in [2.75, 3.05) is 19.6 Å². The smallest absolute Gasteiger partial charge is 0.0394 e. The van der Waals surface area contributed by atoms with Gasteiger partial charge in [-0.3, -0.25) is 4.90 Å². The number of likely N-dealkylation sites (tertiary alicyclic amines) is 1. The maximum absolute atomic E-state index is 5.99. The molecular formula is C16H26N2. The van der Waals surface area contributed by atoms with Crippen LogP contribution in [0.4, 0.5) is 0 Å². The molecule has 1 fully saturated rings. The summed E-state index contributed by atoms with van der Waals surface area (Å²) in [5.41, 5.74) is 10.4. The maximum atomic E-state index is 5.99. The second-order valence-electron chi connectivity index (χ2n) is 5.57. The van der Waals surface area contributed by atoms with Crippen LogP contribution in [0.3, 0.4) is 0 Å². The predicted octanol–water partition coefficient (Wildman–Crippen LogP) is 3.04. The van der Waals surface area contributed by atoms with E-state index >= 15 is 0 Å². The van der Waals surface area contributed by atoms with Gasteiger partial charge in [-0.25, -0.2) is 0 Å². The third-order valence-electron chi connectivity index (χ3n) is 4.28. The fourth-order valence-electron chi connectivity index (χ4n) is 3.42. The van der Waals surface area contributed by atoms with Crippen LogP contribution in [0.5, 0.6) is 0 Å². The molecule has 1 aromatic rings. The first-order chi connectivity index (χ1) is 8.69. The molecule has 0 amide bonds. The monoisotopic (exact) mass is 246 g/mol. The van der Waals surface area contributed by atoms with Gasteiger partial charge in [-0.05, 0) is 68.9 Å². The Bertz CT molecular complexity index is 380. The van der Waals surface area contributed by atoms with E-state index in [2.05, 4.69) is 43.9 Å². The molecule has 1 aliphatic rings. The van der Waals surface area contributed by atoms with Crippen LogP contribution in [-0.4, -0.2) is 24.5 Å². The van der Waals surface area contributed by atoms with E-state index in [4.69, 9.17) is 5.73 Å². The topological polar surface area (TPSA) is 29.3 Å². The molecule has 18 heavy (non-hydrogen) atoms. The maximum Gasteiger partial charge on any atom is 0.0394 e. The van der Waals surface area contributed by atoms with Gasteiger partial charge in [0.15, 0.2) is 0 Å². The van der Waals surface area contributed by atoms with Crippen LogP contribution in [0.1, 0.15) is 42.5 Å². The van der Waals surface area contributed by atoms with Gasteiger partial charge in [0.25, 0.3) is 0 Å². The molecule has 0 bridgehead atoms. The Balaban J connectivity index is 2.37. The van der Waals surface area contributed by atoms with Gasteiger partial charge >= 0.3 is 0 Å². The molecule has 1 saturated heterocycles.